The van der Waals surface area contributed by atoms with Crippen LogP contribution in [0.25, 0.3) is 0 Å². The number of allylic oxidation sites excluding steroid dienone is 2. The molecule has 0 rings (SSSR count). The van der Waals surface area contributed by atoms with Gasteiger partial charge in [0.15, 0.2) is 0 Å². The quantitative estimate of drug-likeness (QED) is 0.654. The first-order chi connectivity index (χ1) is 7.15. The Hall–Kier alpha value is -0.820. The van der Waals surface area contributed by atoms with Crippen molar-refractivity contribution in [2.24, 2.45) is 5.92 Å². The number of aliphatic hydroxyl groups excluding tert-OH is 1. The van der Waals surface area contributed by atoms with Crippen LogP contribution in [0, 0.1) is 5.92 Å². The van der Waals surface area contributed by atoms with Gasteiger partial charge in [-0.25, -0.2) is 0 Å². The molecule has 0 saturated carbocycles. The fraction of sp³-hybridized carbons (Fsp3) is 0.571. The van der Waals surface area contributed by atoms with Crippen molar-refractivity contribution >= 4 is 0 Å². The molecular weight excluding hydrogens is 184 g/mol. The van der Waals surface area contributed by atoms with Crippen LogP contribution < -0.4 is 0 Å². The third kappa shape index (κ3) is 8.19. The normalized spacial score (nSPS) is 14.6. The zero-order valence-corrected chi connectivity index (χ0v) is 10.7. The van der Waals surface area contributed by atoms with E-state index in [1.807, 2.05) is 13.8 Å². The molecule has 0 amide bonds. The maximum Gasteiger partial charge on any atom is 0.0792 e. The summed E-state index contributed by atoms with van der Waals surface area (Å²) < 4.78 is 0. The van der Waals surface area contributed by atoms with Crippen LogP contribution in [0.4, 0.5) is 0 Å². The van der Waals surface area contributed by atoms with Gasteiger partial charge in [0.1, 0.15) is 0 Å². The van der Waals surface area contributed by atoms with E-state index in [0.29, 0.717) is 5.92 Å². The SMILES string of the molecule is C=C/C=C(\C=C)C(O)CC(C)CC.CC. The molecule has 1 heteroatoms. The monoisotopic (exact) mass is 210 g/mol. The van der Waals surface area contributed by atoms with Crippen LogP contribution in [0.2, 0.25) is 0 Å². The fourth-order valence-electron chi connectivity index (χ4n) is 1.14. The lowest BCUT2D eigenvalue weighted by Gasteiger charge is -2.15. The molecule has 0 aromatic heterocycles. The molecule has 15 heavy (non-hydrogen) atoms. The molecule has 0 spiro atoms. The van der Waals surface area contributed by atoms with Crippen molar-refractivity contribution in [1.29, 1.82) is 0 Å². The molecule has 0 aliphatic heterocycles. The molecule has 0 aromatic carbocycles. The Morgan fingerprint density at radius 1 is 1.33 bits per heavy atom. The lowest BCUT2D eigenvalue weighted by atomic mass is 9.96. The van der Waals surface area contributed by atoms with Crippen molar-refractivity contribution in [3.8, 4) is 0 Å². The summed E-state index contributed by atoms with van der Waals surface area (Å²) >= 11 is 0. The highest BCUT2D eigenvalue weighted by Crippen LogP contribution is 2.16. The second-order valence-electron chi connectivity index (χ2n) is 3.37. The Labute approximate surface area is 95.2 Å². The summed E-state index contributed by atoms with van der Waals surface area (Å²) in [5, 5.41) is 9.75. The Balaban J connectivity index is 0. The standard InChI is InChI=1S/C12H20O.C2H6/c1-5-8-11(7-3)12(13)9-10(4)6-2;1-2/h5,7-8,10,12-13H,1,3,6,9H2,2,4H3;1-2H3/b11-8+;. The largest absolute Gasteiger partial charge is 0.388 e. The molecule has 2 unspecified atom stereocenters. The summed E-state index contributed by atoms with van der Waals surface area (Å²) in [6, 6.07) is 0. The first-order valence-electron chi connectivity index (χ1n) is 5.78. The Morgan fingerprint density at radius 3 is 2.20 bits per heavy atom. The van der Waals surface area contributed by atoms with Crippen molar-refractivity contribution in [3.63, 3.8) is 0 Å². The van der Waals surface area contributed by atoms with Gasteiger partial charge in [0.2, 0.25) is 0 Å². The molecule has 0 aliphatic carbocycles. The Morgan fingerprint density at radius 2 is 1.87 bits per heavy atom. The molecule has 1 nitrogen and oxygen atoms in total. The minimum Gasteiger partial charge on any atom is -0.388 e. The summed E-state index contributed by atoms with van der Waals surface area (Å²) in [5.74, 6) is 0.545. The fourth-order valence-corrected chi connectivity index (χ4v) is 1.14. The highest BCUT2D eigenvalue weighted by molar-refractivity contribution is 5.24. The average molecular weight is 210 g/mol. The zero-order chi connectivity index (χ0) is 12.3. The van der Waals surface area contributed by atoms with E-state index in [-0.39, 0.29) is 0 Å². The van der Waals surface area contributed by atoms with Gasteiger partial charge in [-0.3, -0.25) is 0 Å². The molecule has 0 aliphatic rings. The van der Waals surface area contributed by atoms with E-state index < -0.39 is 6.10 Å². The Kier molecular flexibility index (Phi) is 12.5. The molecule has 88 valence electrons. The molecule has 0 saturated heterocycles. The van der Waals surface area contributed by atoms with Crippen molar-refractivity contribution < 1.29 is 5.11 Å². The van der Waals surface area contributed by atoms with Gasteiger partial charge in [0.25, 0.3) is 0 Å². The first-order valence-corrected chi connectivity index (χ1v) is 5.78. The van der Waals surface area contributed by atoms with Gasteiger partial charge < -0.3 is 5.11 Å². The third-order valence-electron chi connectivity index (χ3n) is 2.25. The number of hydrogen-bond donors (Lipinski definition) is 1. The van der Waals surface area contributed by atoms with Crippen LogP contribution >= 0.6 is 0 Å². The van der Waals surface area contributed by atoms with E-state index >= 15 is 0 Å². The number of hydrogen-bond acceptors (Lipinski definition) is 1. The van der Waals surface area contributed by atoms with Crippen molar-refractivity contribution in [2.75, 3.05) is 0 Å². The van der Waals surface area contributed by atoms with E-state index in [1.54, 1.807) is 18.2 Å². The highest BCUT2D eigenvalue weighted by atomic mass is 16.3. The predicted molar refractivity (Wildman–Crippen MR) is 69.9 cm³/mol. The van der Waals surface area contributed by atoms with Crippen LogP contribution in [-0.2, 0) is 0 Å². The summed E-state index contributed by atoms with van der Waals surface area (Å²) in [6.07, 6.45) is 6.66. The summed E-state index contributed by atoms with van der Waals surface area (Å²) in [5.41, 5.74) is 0.857. The van der Waals surface area contributed by atoms with E-state index in [0.717, 1.165) is 18.4 Å². The molecule has 0 radical (unpaired) electrons. The van der Waals surface area contributed by atoms with Crippen LogP contribution in [0.3, 0.4) is 0 Å². The molecule has 2 atom stereocenters. The highest BCUT2D eigenvalue weighted by Gasteiger charge is 2.10. The lowest BCUT2D eigenvalue weighted by molar-refractivity contribution is 0.181. The molecule has 0 bridgehead atoms. The van der Waals surface area contributed by atoms with E-state index in [2.05, 4.69) is 27.0 Å². The molecule has 0 fully saturated rings. The molecule has 0 heterocycles. The zero-order valence-electron chi connectivity index (χ0n) is 10.7. The van der Waals surface area contributed by atoms with Gasteiger partial charge in [0.05, 0.1) is 6.10 Å². The van der Waals surface area contributed by atoms with Gasteiger partial charge in [-0.15, -0.1) is 0 Å². The summed E-state index contributed by atoms with van der Waals surface area (Å²) in [6.45, 7) is 15.5. The van der Waals surface area contributed by atoms with Gasteiger partial charge >= 0.3 is 0 Å². The molecule has 0 aromatic rings. The lowest BCUT2D eigenvalue weighted by Crippen LogP contribution is -2.13. The maximum atomic E-state index is 9.75. The van der Waals surface area contributed by atoms with Crippen LogP contribution in [0.1, 0.15) is 40.5 Å². The number of rotatable bonds is 6. The van der Waals surface area contributed by atoms with Crippen LogP contribution in [0.5, 0.6) is 0 Å². The summed E-state index contributed by atoms with van der Waals surface area (Å²) in [4.78, 5) is 0. The van der Waals surface area contributed by atoms with E-state index in [9.17, 15) is 5.11 Å². The van der Waals surface area contributed by atoms with Crippen molar-refractivity contribution in [3.05, 3.63) is 37.0 Å². The smallest absolute Gasteiger partial charge is 0.0792 e. The first kappa shape index (κ1) is 16.6. The molecule has 1 N–H and O–H groups in total. The summed E-state index contributed by atoms with van der Waals surface area (Å²) in [7, 11) is 0. The van der Waals surface area contributed by atoms with E-state index in [1.165, 1.54) is 0 Å². The van der Waals surface area contributed by atoms with Gasteiger partial charge in [0, 0.05) is 0 Å². The van der Waals surface area contributed by atoms with E-state index in [4.69, 9.17) is 0 Å². The number of aliphatic hydroxyl groups is 1. The van der Waals surface area contributed by atoms with Gasteiger partial charge in [-0.2, -0.15) is 0 Å². The minimum atomic E-state index is -0.398. The Bertz CT molecular complexity index is 192. The van der Waals surface area contributed by atoms with Crippen LogP contribution in [0.15, 0.2) is 37.0 Å². The van der Waals surface area contributed by atoms with Gasteiger partial charge in [-0.05, 0) is 17.9 Å². The second kappa shape index (κ2) is 11.3. The average Bonchev–Trinajstić information content (AvgIpc) is 2.28. The minimum absolute atomic E-state index is 0.398. The van der Waals surface area contributed by atoms with Crippen molar-refractivity contribution in [2.45, 2.75) is 46.6 Å². The topological polar surface area (TPSA) is 20.2 Å². The van der Waals surface area contributed by atoms with Crippen LogP contribution in [-0.4, -0.2) is 11.2 Å². The van der Waals surface area contributed by atoms with Gasteiger partial charge in [-0.1, -0.05) is 65.5 Å². The second-order valence-corrected chi connectivity index (χ2v) is 3.37. The predicted octanol–water partition coefficient (Wildman–Crippen LogP) is 4.11. The maximum absolute atomic E-state index is 9.75. The molecular formula is C14H26O. The van der Waals surface area contributed by atoms with Crippen molar-refractivity contribution in [1.82, 2.24) is 0 Å². The third-order valence-corrected chi connectivity index (χ3v) is 2.25.